The summed E-state index contributed by atoms with van der Waals surface area (Å²) >= 11 is 7.80. The summed E-state index contributed by atoms with van der Waals surface area (Å²) in [7, 11) is 0. The Hall–Kier alpha value is -1.20. The fourth-order valence-electron chi connectivity index (χ4n) is 4.72. The molecular weight excluding hydrogens is 380 g/mol. The van der Waals surface area contributed by atoms with E-state index in [-0.39, 0.29) is 17.9 Å². The molecule has 3 rings (SSSR count). The number of rotatable bonds is 8. The van der Waals surface area contributed by atoms with Crippen LogP contribution in [-0.4, -0.2) is 35.9 Å². The maximum absolute atomic E-state index is 12.9. The van der Waals surface area contributed by atoms with Crippen LogP contribution in [0.3, 0.4) is 0 Å². The molecule has 1 aromatic carbocycles. The number of hydrogen-bond donors (Lipinski definition) is 2. The molecule has 0 heterocycles. The first-order valence-electron chi connectivity index (χ1n) is 9.84. The molecule has 27 heavy (non-hydrogen) atoms. The van der Waals surface area contributed by atoms with Gasteiger partial charge in [0.2, 0.25) is 5.91 Å². The Morgan fingerprint density at radius 3 is 2.63 bits per heavy atom. The number of benzene rings is 1. The molecule has 0 aromatic heterocycles. The van der Waals surface area contributed by atoms with E-state index in [1.807, 2.05) is 6.26 Å². The highest BCUT2D eigenvalue weighted by Gasteiger charge is 2.42. The maximum Gasteiger partial charge on any atom is 0.253 e. The van der Waals surface area contributed by atoms with Crippen LogP contribution in [0.5, 0.6) is 0 Å². The number of amides is 2. The molecule has 5 atom stereocenters. The van der Waals surface area contributed by atoms with E-state index in [0.29, 0.717) is 22.9 Å². The van der Waals surface area contributed by atoms with Crippen LogP contribution < -0.4 is 10.6 Å². The number of halogens is 1. The lowest BCUT2D eigenvalue weighted by Gasteiger charge is -2.30. The lowest BCUT2D eigenvalue weighted by molar-refractivity contribution is -0.124. The van der Waals surface area contributed by atoms with Gasteiger partial charge in [-0.15, -0.1) is 0 Å². The van der Waals surface area contributed by atoms with E-state index < -0.39 is 6.04 Å². The Morgan fingerprint density at radius 1 is 1.22 bits per heavy atom. The van der Waals surface area contributed by atoms with Crippen molar-refractivity contribution in [1.82, 2.24) is 10.6 Å². The second-order valence-electron chi connectivity index (χ2n) is 7.92. The zero-order chi connectivity index (χ0) is 19.4. The molecule has 2 amide bonds. The molecule has 2 aliphatic carbocycles. The molecule has 0 aliphatic heterocycles. The minimum atomic E-state index is -0.540. The monoisotopic (exact) mass is 408 g/mol. The summed E-state index contributed by atoms with van der Waals surface area (Å²) in [6, 6.07) is 6.54. The smallest absolute Gasteiger partial charge is 0.253 e. The number of thioether (sulfide) groups is 1. The minimum absolute atomic E-state index is 0.0836. The molecular formula is C21H29ClN2O2S. The van der Waals surface area contributed by atoms with Gasteiger partial charge in [0, 0.05) is 6.04 Å². The van der Waals surface area contributed by atoms with Crippen molar-refractivity contribution in [2.24, 2.45) is 17.8 Å². The number of fused-ring (bicyclic) bond motifs is 2. The van der Waals surface area contributed by atoms with Gasteiger partial charge in [0.1, 0.15) is 6.04 Å². The predicted molar refractivity (Wildman–Crippen MR) is 112 cm³/mol. The average molecular weight is 409 g/mol. The summed E-state index contributed by atoms with van der Waals surface area (Å²) in [5, 5.41) is 6.48. The van der Waals surface area contributed by atoms with Crippen molar-refractivity contribution in [3.63, 3.8) is 0 Å². The van der Waals surface area contributed by atoms with E-state index in [2.05, 4.69) is 17.6 Å². The summed E-state index contributed by atoms with van der Waals surface area (Å²) in [5.74, 6) is 2.62. The van der Waals surface area contributed by atoms with E-state index in [4.69, 9.17) is 11.6 Å². The van der Waals surface area contributed by atoms with E-state index >= 15 is 0 Å². The van der Waals surface area contributed by atoms with E-state index in [0.717, 1.165) is 17.6 Å². The third-order valence-electron chi connectivity index (χ3n) is 6.16. The lowest BCUT2D eigenvalue weighted by atomic mass is 9.84. The summed E-state index contributed by atoms with van der Waals surface area (Å²) in [4.78, 5) is 25.5. The average Bonchev–Trinajstić information content (AvgIpc) is 3.28. The van der Waals surface area contributed by atoms with Gasteiger partial charge in [0.15, 0.2) is 0 Å². The number of carbonyl (C=O) groups is 2. The summed E-state index contributed by atoms with van der Waals surface area (Å²) in [5.41, 5.74) is 0.405. The fourth-order valence-corrected chi connectivity index (χ4v) is 5.42. The molecule has 148 valence electrons. The molecule has 5 unspecified atom stereocenters. The zero-order valence-corrected chi connectivity index (χ0v) is 17.6. The molecule has 0 saturated heterocycles. The van der Waals surface area contributed by atoms with Crippen LogP contribution in [-0.2, 0) is 4.79 Å². The Labute approximate surface area is 171 Å². The van der Waals surface area contributed by atoms with Crippen molar-refractivity contribution >= 4 is 35.2 Å². The highest BCUT2D eigenvalue weighted by molar-refractivity contribution is 7.98. The molecule has 2 aliphatic rings. The summed E-state index contributed by atoms with van der Waals surface area (Å²) in [6.45, 7) is 2.12. The molecule has 4 nitrogen and oxygen atoms in total. The largest absolute Gasteiger partial charge is 0.352 e. The van der Waals surface area contributed by atoms with Crippen LogP contribution in [0.2, 0.25) is 5.02 Å². The SMILES string of the molecule is CSCCC(NC(=O)c1ccccc1Cl)C(=O)NC(C)C1CC2CCC1C2. The standard InChI is InChI=1S/C21H29ClN2O2S/c1-13(17-12-14-7-8-15(17)11-14)23-21(26)19(9-10-27-2)24-20(25)16-5-3-4-6-18(16)22/h3-6,13-15,17,19H,7-12H2,1-2H3,(H,23,26)(H,24,25). The van der Waals surface area contributed by atoms with Crippen LogP contribution in [0.25, 0.3) is 0 Å². The van der Waals surface area contributed by atoms with Gasteiger partial charge in [-0.05, 0) is 74.5 Å². The van der Waals surface area contributed by atoms with Gasteiger partial charge < -0.3 is 10.6 Å². The number of hydrogen-bond acceptors (Lipinski definition) is 3. The van der Waals surface area contributed by atoms with Gasteiger partial charge >= 0.3 is 0 Å². The molecule has 0 radical (unpaired) electrons. The second-order valence-corrected chi connectivity index (χ2v) is 9.32. The van der Waals surface area contributed by atoms with Gasteiger partial charge in [0.05, 0.1) is 10.6 Å². The molecule has 6 heteroatoms. The highest BCUT2D eigenvalue weighted by atomic mass is 35.5. The molecule has 2 saturated carbocycles. The minimum Gasteiger partial charge on any atom is -0.352 e. The Kier molecular flexibility index (Phi) is 7.10. The van der Waals surface area contributed by atoms with Crippen molar-refractivity contribution in [1.29, 1.82) is 0 Å². The topological polar surface area (TPSA) is 58.2 Å². The summed E-state index contributed by atoms with van der Waals surface area (Å²) in [6.07, 6.45) is 7.81. The van der Waals surface area contributed by atoms with Crippen molar-refractivity contribution in [2.45, 2.75) is 51.1 Å². The van der Waals surface area contributed by atoms with E-state index in [9.17, 15) is 9.59 Å². The normalized spacial score (nSPS) is 25.8. The van der Waals surface area contributed by atoms with Gasteiger partial charge in [0.25, 0.3) is 5.91 Å². The zero-order valence-electron chi connectivity index (χ0n) is 16.0. The van der Waals surface area contributed by atoms with Crippen molar-refractivity contribution in [3.8, 4) is 0 Å². The maximum atomic E-state index is 12.9. The third-order valence-corrected chi connectivity index (χ3v) is 7.13. The van der Waals surface area contributed by atoms with Crippen LogP contribution in [0.1, 0.15) is 49.4 Å². The number of carbonyl (C=O) groups excluding carboxylic acids is 2. The van der Waals surface area contributed by atoms with Crippen molar-refractivity contribution in [2.75, 3.05) is 12.0 Å². The van der Waals surface area contributed by atoms with E-state index in [1.54, 1.807) is 36.0 Å². The van der Waals surface area contributed by atoms with Crippen LogP contribution in [0.15, 0.2) is 24.3 Å². The van der Waals surface area contributed by atoms with Gasteiger partial charge in [-0.2, -0.15) is 11.8 Å². The van der Waals surface area contributed by atoms with Gasteiger partial charge in [-0.25, -0.2) is 0 Å². The third kappa shape index (κ3) is 5.00. The van der Waals surface area contributed by atoms with Crippen LogP contribution in [0.4, 0.5) is 0 Å². The van der Waals surface area contributed by atoms with Crippen LogP contribution in [0, 0.1) is 17.8 Å². The van der Waals surface area contributed by atoms with Gasteiger partial charge in [-0.1, -0.05) is 30.2 Å². The molecule has 2 fully saturated rings. The van der Waals surface area contributed by atoms with E-state index in [1.165, 1.54) is 25.7 Å². The number of nitrogens with one attached hydrogen (secondary N) is 2. The Balaban J connectivity index is 1.62. The first-order chi connectivity index (χ1) is 13.0. The van der Waals surface area contributed by atoms with Crippen molar-refractivity contribution < 1.29 is 9.59 Å². The quantitative estimate of drug-likeness (QED) is 0.679. The second kappa shape index (κ2) is 9.33. The Bertz CT molecular complexity index is 684. The molecule has 2 N–H and O–H groups in total. The Morgan fingerprint density at radius 2 is 2.00 bits per heavy atom. The van der Waals surface area contributed by atoms with Gasteiger partial charge in [-0.3, -0.25) is 9.59 Å². The summed E-state index contributed by atoms with van der Waals surface area (Å²) < 4.78 is 0. The molecule has 1 aromatic rings. The first-order valence-corrected chi connectivity index (χ1v) is 11.6. The fraction of sp³-hybridized carbons (Fsp3) is 0.619. The van der Waals surface area contributed by atoms with Crippen molar-refractivity contribution in [3.05, 3.63) is 34.9 Å². The van der Waals surface area contributed by atoms with Crippen LogP contribution >= 0.6 is 23.4 Å². The molecule has 2 bridgehead atoms. The highest BCUT2D eigenvalue weighted by Crippen LogP contribution is 2.49. The molecule has 0 spiro atoms. The predicted octanol–water partition coefficient (Wildman–Crippen LogP) is 4.13. The first kappa shape index (κ1) is 20.5. The lowest BCUT2D eigenvalue weighted by Crippen LogP contribution is -2.51.